The van der Waals surface area contributed by atoms with Crippen molar-refractivity contribution >= 4 is 11.6 Å². The number of hydrogen-bond acceptors (Lipinski definition) is 4. The number of ether oxygens (including phenoxy) is 1. The molecule has 1 aromatic carbocycles. The Hall–Kier alpha value is -1.85. The van der Waals surface area contributed by atoms with E-state index in [2.05, 4.69) is 9.88 Å². The zero-order valence-electron chi connectivity index (χ0n) is 15.8. The van der Waals surface area contributed by atoms with E-state index in [0.717, 1.165) is 55.0 Å². The second-order valence-electron chi connectivity index (χ2n) is 7.64. The van der Waals surface area contributed by atoms with E-state index in [4.69, 9.17) is 21.3 Å². The van der Waals surface area contributed by atoms with Crippen LogP contribution in [0.15, 0.2) is 23.0 Å². The highest BCUT2D eigenvalue weighted by molar-refractivity contribution is 6.32. The molecule has 4 rings (SSSR count). The van der Waals surface area contributed by atoms with Gasteiger partial charge in [-0.25, -0.2) is 4.98 Å². The SMILES string of the molecule is COc1ccc(CN2CCc3c(nc(C4CCCCC4)[nH]c3=O)C2)cc1Cl. The van der Waals surface area contributed by atoms with Crippen molar-refractivity contribution in [3.05, 3.63) is 56.2 Å². The van der Waals surface area contributed by atoms with Crippen LogP contribution in [0.1, 0.15) is 60.7 Å². The quantitative estimate of drug-likeness (QED) is 0.860. The van der Waals surface area contributed by atoms with Crippen molar-refractivity contribution in [1.29, 1.82) is 0 Å². The topological polar surface area (TPSA) is 58.2 Å². The first-order valence-electron chi connectivity index (χ1n) is 9.81. The van der Waals surface area contributed by atoms with Gasteiger partial charge < -0.3 is 9.72 Å². The number of fused-ring (bicyclic) bond motifs is 1. The fourth-order valence-electron chi connectivity index (χ4n) is 4.28. The van der Waals surface area contributed by atoms with Gasteiger partial charge in [-0.15, -0.1) is 0 Å². The summed E-state index contributed by atoms with van der Waals surface area (Å²) in [6.07, 6.45) is 6.77. The van der Waals surface area contributed by atoms with Gasteiger partial charge in [-0.1, -0.05) is 36.9 Å². The highest BCUT2D eigenvalue weighted by Crippen LogP contribution is 2.31. The number of rotatable bonds is 4. The normalized spacial score (nSPS) is 18.3. The number of nitrogens with zero attached hydrogens (tertiary/aromatic N) is 2. The lowest BCUT2D eigenvalue weighted by molar-refractivity contribution is 0.239. The van der Waals surface area contributed by atoms with E-state index in [1.54, 1.807) is 7.11 Å². The number of aromatic amines is 1. The molecule has 0 spiro atoms. The first kappa shape index (κ1) is 18.5. The lowest BCUT2D eigenvalue weighted by Crippen LogP contribution is -2.35. The first-order valence-corrected chi connectivity index (χ1v) is 10.2. The van der Waals surface area contributed by atoms with Crippen LogP contribution < -0.4 is 10.3 Å². The van der Waals surface area contributed by atoms with Gasteiger partial charge in [0.2, 0.25) is 0 Å². The molecular weight excluding hydrogens is 362 g/mol. The van der Waals surface area contributed by atoms with Crippen molar-refractivity contribution in [3.63, 3.8) is 0 Å². The molecule has 1 aliphatic carbocycles. The van der Waals surface area contributed by atoms with Crippen molar-refractivity contribution in [3.8, 4) is 5.75 Å². The average Bonchev–Trinajstić information content (AvgIpc) is 2.68. The molecule has 2 aliphatic rings. The number of aromatic nitrogens is 2. The van der Waals surface area contributed by atoms with E-state index < -0.39 is 0 Å². The molecule has 2 aromatic rings. The monoisotopic (exact) mass is 387 g/mol. The van der Waals surface area contributed by atoms with Crippen molar-refractivity contribution in [2.24, 2.45) is 0 Å². The maximum Gasteiger partial charge on any atom is 0.254 e. The first-order chi connectivity index (χ1) is 13.1. The Bertz CT molecular complexity index is 874. The molecule has 1 saturated carbocycles. The van der Waals surface area contributed by atoms with Crippen LogP contribution in [0, 0.1) is 0 Å². The number of benzene rings is 1. The molecule has 1 fully saturated rings. The van der Waals surface area contributed by atoms with E-state index in [1.165, 1.54) is 19.3 Å². The van der Waals surface area contributed by atoms with Crippen LogP contribution in [0.5, 0.6) is 5.75 Å². The molecule has 0 radical (unpaired) electrons. The van der Waals surface area contributed by atoms with Crippen LogP contribution in [0.25, 0.3) is 0 Å². The summed E-state index contributed by atoms with van der Waals surface area (Å²) in [5.74, 6) is 2.00. The van der Waals surface area contributed by atoms with Crippen molar-refractivity contribution in [2.45, 2.75) is 57.5 Å². The highest BCUT2D eigenvalue weighted by atomic mass is 35.5. The summed E-state index contributed by atoms with van der Waals surface area (Å²) in [4.78, 5) is 22.9. The van der Waals surface area contributed by atoms with E-state index >= 15 is 0 Å². The second kappa shape index (κ2) is 8.03. The fourth-order valence-corrected chi connectivity index (χ4v) is 4.56. The van der Waals surface area contributed by atoms with Crippen molar-refractivity contribution in [1.82, 2.24) is 14.9 Å². The Labute approximate surface area is 164 Å². The van der Waals surface area contributed by atoms with Gasteiger partial charge in [0.1, 0.15) is 11.6 Å². The standard InChI is InChI=1S/C21H26ClN3O2/c1-27-19-8-7-14(11-17(19)22)12-25-10-9-16-18(13-25)23-20(24-21(16)26)15-5-3-2-4-6-15/h7-8,11,15H,2-6,9-10,12-13H2,1H3,(H,23,24,26). The maximum absolute atomic E-state index is 12.6. The minimum Gasteiger partial charge on any atom is -0.495 e. The Balaban J connectivity index is 1.52. The molecule has 6 heteroatoms. The lowest BCUT2D eigenvalue weighted by atomic mass is 9.88. The summed E-state index contributed by atoms with van der Waals surface area (Å²) in [5.41, 5.74) is 3.01. The third-order valence-electron chi connectivity index (χ3n) is 5.79. The lowest BCUT2D eigenvalue weighted by Gasteiger charge is -2.29. The van der Waals surface area contributed by atoms with Crippen LogP contribution in [-0.4, -0.2) is 28.5 Å². The van der Waals surface area contributed by atoms with Crippen LogP contribution in [0.2, 0.25) is 5.02 Å². The average molecular weight is 388 g/mol. The van der Waals surface area contributed by atoms with Crippen LogP contribution in [-0.2, 0) is 19.5 Å². The number of halogens is 1. The summed E-state index contributed by atoms with van der Waals surface area (Å²) in [6.45, 7) is 2.35. The molecule has 0 amide bonds. The van der Waals surface area contributed by atoms with Gasteiger partial charge in [0.05, 0.1) is 17.8 Å². The van der Waals surface area contributed by atoms with Crippen LogP contribution >= 0.6 is 11.6 Å². The van der Waals surface area contributed by atoms with Crippen molar-refractivity contribution < 1.29 is 4.74 Å². The number of H-pyrrole nitrogens is 1. The van der Waals surface area contributed by atoms with Gasteiger partial charge in [-0.05, 0) is 37.0 Å². The van der Waals surface area contributed by atoms with E-state index in [0.29, 0.717) is 23.2 Å². The Morgan fingerprint density at radius 2 is 2.11 bits per heavy atom. The zero-order chi connectivity index (χ0) is 18.8. The zero-order valence-corrected chi connectivity index (χ0v) is 16.5. The smallest absolute Gasteiger partial charge is 0.254 e. The summed E-state index contributed by atoms with van der Waals surface area (Å²) in [7, 11) is 1.62. The molecule has 0 atom stereocenters. The summed E-state index contributed by atoms with van der Waals surface area (Å²) >= 11 is 6.25. The summed E-state index contributed by atoms with van der Waals surface area (Å²) in [6, 6.07) is 5.90. The number of methoxy groups -OCH3 is 1. The molecule has 1 N–H and O–H groups in total. The predicted molar refractivity (Wildman–Crippen MR) is 107 cm³/mol. The second-order valence-corrected chi connectivity index (χ2v) is 8.05. The molecule has 144 valence electrons. The molecule has 1 aliphatic heterocycles. The van der Waals surface area contributed by atoms with Gasteiger partial charge >= 0.3 is 0 Å². The van der Waals surface area contributed by atoms with E-state index in [9.17, 15) is 4.79 Å². The largest absolute Gasteiger partial charge is 0.495 e. The van der Waals surface area contributed by atoms with Crippen LogP contribution in [0.4, 0.5) is 0 Å². The molecule has 1 aromatic heterocycles. The number of nitrogens with one attached hydrogen (secondary N) is 1. The Morgan fingerprint density at radius 3 is 2.85 bits per heavy atom. The molecule has 0 unspecified atom stereocenters. The van der Waals surface area contributed by atoms with E-state index in [1.807, 2.05) is 18.2 Å². The fraction of sp³-hybridized carbons (Fsp3) is 0.524. The summed E-state index contributed by atoms with van der Waals surface area (Å²) in [5, 5.41) is 0.626. The van der Waals surface area contributed by atoms with Gasteiger partial charge in [0.15, 0.2) is 0 Å². The van der Waals surface area contributed by atoms with E-state index in [-0.39, 0.29) is 5.56 Å². The van der Waals surface area contributed by atoms with Gasteiger partial charge in [0.25, 0.3) is 5.56 Å². The molecule has 2 heterocycles. The third-order valence-corrected chi connectivity index (χ3v) is 6.08. The molecule has 0 saturated heterocycles. The Morgan fingerprint density at radius 1 is 1.30 bits per heavy atom. The molecular formula is C21H26ClN3O2. The van der Waals surface area contributed by atoms with Crippen LogP contribution in [0.3, 0.4) is 0 Å². The maximum atomic E-state index is 12.6. The minimum atomic E-state index is 0.0627. The number of hydrogen-bond donors (Lipinski definition) is 1. The van der Waals surface area contributed by atoms with Gasteiger partial charge in [0, 0.05) is 31.1 Å². The molecule has 5 nitrogen and oxygen atoms in total. The summed E-state index contributed by atoms with van der Waals surface area (Å²) < 4.78 is 5.23. The Kier molecular flexibility index (Phi) is 5.50. The minimum absolute atomic E-state index is 0.0627. The van der Waals surface area contributed by atoms with Gasteiger partial charge in [-0.3, -0.25) is 9.69 Å². The third kappa shape index (κ3) is 4.04. The van der Waals surface area contributed by atoms with Gasteiger partial charge in [-0.2, -0.15) is 0 Å². The molecule has 27 heavy (non-hydrogen) atoms. The predicted octanol–water partition coefficient (Wildman–Crippen LogP) is 4.04. The molecule has 0 bridgehead atoms. The highest BCUT2D eigenvalue weighted by Gasteiger charge is 2.24. The van der Waals surface area contributed by atoms with Crippen molar-refractivity contribution in [2.75, 3.05) is 13.7 Å².